The summed E-state index contributed by atoms with van der Waals surface area (Å²) in [5.74, 6) is -1.46. The largest absolute Gasteiger partial charge is 0.402 e. The molecule has 0 spiro atoms. The Hall–Kier alpha value is -1.30. The number of sulfonamides is 1. The Labute approximate surface area is 131 Å². The molecule has 6 nitrogen and oxygen atoms in total. The number of morpholine rings is 1. The molecule has 1 fully saturated rings. The fraction of sp³-hybridized carbons (Fsp3) is 0.417. The van der Waals surface area contributed by atoms with Crippen molar-refractivity contribution in [2.45, 2.75) is 10.2 Å². The van der Waals surface area contributed by atoms with Crippen molar-refractivity contribution >= 4 is 25.2 Å². The van der Waals surface area contributed by atoms with Gasteiger partial charge in [0, 0.05) is 13.1 Å². The lowest BCUT2D eigenvalue weighted by Crippen LogP contribution is -2.40. The monoisotopic (exact) mass is 371 g/mol. The lowest BCUT2D eigenvalue weighted by Gasteiger charge is -2.26. The van der Waals surface area contributed by atoms with Crippen LogP contribution in [0.15, 0.2) is 23.1 Å². The van der Waals surface area contributed by atoms with Crippen molar-refractivity contribution in [3.63, 3.8) is 0 Å². The molecule has 0 radical (unpaired) electrons. The van der Waals surface area contributed by atoms with Crippen LogP contribution in [0.5, 0.6) is 5.75 Å². The van der Waals surface area contributed by atoms with Gasteiger partial charge in [-0.2, -0.15) is 13.1 Å². The molecule has 128 valence electrons. The van der Waals surface area contributed by atoms with E-state index in [1.807, 2.05) is 0 Å². The molecule has 2 aliphatic heterocycles. The quantitative estimate of drug-likeness (QED) is 0.734. The Morgan fingerprint density at radius 1 is 1.26 bits per heavy atom. The van der Waals surface area contributed by atoms with Crippen LogP contribution in [0.4, 0.5) is 13.2 Å². The van der Waals surface area contributed by atoms with Crippen LogP contribution in [0.25, 0.3) is 0 Å². The summed E-state index contributed by atoms with van der Waals surface area (Å²) in [5.41, 5.74) is 0. The lowest BCUT2D eigenvalue weighted by molar-refractivity contribution is 0.0730. The molecule has 1 aromatic carbocycles. The van der Waals surface area contributed by atoms with E-state index in [0.717, 1.165) is 16.4 Å². The predicted octanol–water partition coefficient (Wildman–Crippen LogP) is 0.833. The third-order valence-corrected chi connectivity index (χ3v) is 6.90. The number of rotatable bonds is 4. The molecule has 1 unspecified atom stereocenters. The minimum atomic E-state index is -4.19. The summed E-state index contributed by atoms with van der Waals surface area (Å²) in [6, 6.07) is 2.37. The maximum absolute atomic E-state index is 13.5. The second kappa shape index (κ2) is 5.36. The molecule has 11 heteroatoms. The molecular formula is C12H12F3NO5S2. The van der Waals surface area contributed by atoms with Gasteiger partial charge in [-0.1, -0.05) is 0 Å². The van der Waals surface area contributed by atoms with Gasteiger partial charge in [0.2, 0.25) is 10.0 Å². The molecule has 0 aliphatic carbocycles. The first kappa shape index (κ1) is 16.6. The molecule has 2 aliphatic rings. The summed E-state index contributed by atoms with van der Waals surface area (Å²) in [5, 5.41) is -3.43. The Bertz CT molecular complexity index is 855. The third-order valence-electron chi connectivity index (χ3n) is 3.32. The number of hydrogen-bond donors (Lipinski definition) is 0. The Kier molecular flexibility index (Phi) is 3.86. The van der Waals surface area contributed by atoms with Crippen LogP contribution in [-0.4, -0.2) is 53.9 Å². The highest BCUT2D eigenvalue weighted by molar-refractivity contribution is 8.07. The molecule has 0 amide bonds. The highest BCUT2D eigenvalue weighted by Gasteiger charge is 2.57. The number of nitrogens with zero attached hydrogens (tertiary/aromatic N) is 1. The van der Waals surface area contributed by atoms with Crippen LogP contribution in [0.1, 0.15) is 0 Å². The number of benzene rings is 1. The SMILES string of the molecule is O=S(=O)(c1cc(F)ccc1OS1(=O)=CC1(F)F)N1CCOCC1. The second-order valence-corrected chi connectivity index (χ2v) is 8.86. The number of ether oxygens (including phenoxy) is 1. The summed E-state index contributed by atoms with van der Waals surface area (Å²) in [4.78, 5) is -0.641. The van der Waals surface area contributed by atoms with Crippen LogP contribution in [0.3, 0.4) is 0 Å². The van der Waals surface area contributed by atoms with Crippen LogP contribution in [0, 0.1) is 5.82 Å². The lowest BCUT2D eigenvalue weighted by atomic mass is 10.3. The van der Waals surface area contributed by atoms with Gasteiger partial charge in [-0.25, -0.2) is 17.0 Å². The van der Waals surface area contributed by atoms with Gasteiger partial charge in [0.1, 0.15) is 10.7 Å². The first-order chi connectivity index (χ1) is 10.7. The van der Waals surface area contributed by atoms with Crippen molar-refractivity contribution in [2.24, 2.45) is 0 Å². The van der Waals surface area contributed by atoms with E-state index in [1.54, 1.807) is 0 Å². The fourth-order valence-corrected chi connectivity index (χ4v) is 4.75. The van der Waals surface area contributed by atoms with Gasteiger partial charge in [0.15, 0.2) is 15.6 Å². The van der Waals surface area contributed by atoms with Crippen molar-refractivity contribution < 1.29 is 34.7 Å². The van der Waals surface area contributed by atoms with Gasteiger partial charge in [-0.15, -0.1) is 0 Å². The van der Waals surface area contributed by atoms with Gasteiger partial charge in [0.25, 0.3) is 0 Å². The van der Waals surface area contributed by atoms with E-state index in [1.165, 1.54) is 0 Å². The summed E-state index contributed by atoms with van der Waals surface area (Å²) in [6.45, 7) is 0.395. The molecule has 3 rings (SSSR count). The maximum atomic E-state index is 13.5. The van der Waals surface area contributed by atoms with E-state index in [9.17, 15) is 25.8 Å². The average Bonchev–Trinajstić information content (AvgIpc) is 2.99. The van der Waals surface area contributed by atoms with E-state index in [-0.39, 0.29) is 31.7 Å². The fourth-order valence-electron chi connectivity index (χ4n) is 2.05. The van der Waals surface area contributed by atoms with Crippen LogP contribution in [0.2, 0.25) is 0 Å². The highest BCUT2D eigenvalue weighted by atomic mass is 32.2. The van der Waals surface area contributed by atoms with Crippen LogP contribution in [-0.2, 0) is 24.6 Å². The van der Waals surface area contributed by atoms with E-state index in [0.29, 0.717) is 6.07 Å². The predicted molar refractivity (Wildman–Crippen MR) is 75.8 cm³/mol. The van der Waals surface area contributed by atoms with Crippen molar-refractivity contribution in [3.8, 4) is 5.75 Å². The molecule has 0 bridgehead atoms. The van der Waals surface area contributed by atoms with Gasteiger partial charge < -0.3 is 8.92 Å². The molecule has 1 aromatic rings. The van der Waals surface area contributed by atoms with Gasteiger partial charge in [0.05, 0.1) is 18.6 Å². The van der Waals surface area contributed by atoms with Gasteiger partial charge >= 0.3 is 5.25 Å². The Morgan fingerprint density at radius 3 is 2.43 bits per heavy atom. The number of alkyl halides is 2. The molecule has 2 heterocycles. The molecule has 0 aromatic heterocycles. The molecular weight excluding hydrogens is 359 g/mol. The topological polar surface area (TPSA) is 72.9 Å². The molecule has 23 heavy (non-hydrogen) atoms. The van der Waals surface area contributed by atoms with Crippen molar-refractivity contribution in [1.82, 2.24) is 4.31 Å². The molecule has 1 atom stereocenters. The Morgan fingerprint density at radius 2 is 1.87 bits per heavy atom. The van der Waals surface area contributed by atoms with Crippen molar-refractivity contribution in [3.05, 3.63) is 24.0 Å². The highest BCUT2D eigenvalue weighted by Crippen LogP contribution is 2.38. The summed E-state index contributed by atoms with van der Waals surface area (Å²) < 4.78 is 87.1. The maximum Gasteiger partial charge on any atom is 0.374 e. The van der Waals surface area contributed by atoms with E-state index in [2.05, 4.69) is 0 Å². The van der Waals surface area contributed by atoms with Crippen LogP contribution < -0.4 is 4.18 Å². The zero-order valence-corrected chi connectivity index (χ0v) is 13.2. The normalized spacial score (nSPS) is 27.3. The second-order valence-electron chi connectivity index (χ2n) is 4.92. The average molecular weight is 371 g/mol. The third kappa shape index (κ3) is 2.93. The van der Waals surface area contributed by atoms with E-state index in [4.69, 9.17) is 8.92 Å². The zero-order chi connectivity index (χ0) is 16.9. The summed E-state index contributed by atoms with van der Waals surface area (Å²) in [7, 11) is -8.26. The van der Waals surface area contributed by atoms with E-state index >= 15 is 0 Å². The minimum absolute atomic E-state index is 0.0376. The smallest absolute Gasteiger partial charge is 0.374 e. The zero-order valence-electron chi connectivity index (χ0n) is 11.6. The first-order valence-electron chi connectivity index (χ1n) is 6.50. The van der Waals surface area contributed by atoms with Crippen molar-refractivity contribution in [2.75, 3.05) is 26.3 Å². The summed E-state index contributed by atoms with van der Waals surface area (Å²) in [6.07, 6.45) is 0. The van der Waals surface area contributed by atoms with E-state index < -0.39 is 41.5 Å². The summed E-state index contributed by atoms with van der Waals surface area (Å²) >= 11 is 0. The van der Waals surface area contributed by atoms with Gasteiger partial charge in [-0.05, 0) is 18.2 Å². The Balaban J connectivity index is 2.00. The molecule has 1 saturated heterocycles. The van der Waals surface area contributed by atoms with Crippen LogP contribution >= 0.6 is 0 Å². The number of halogens is 3. The molecule has 0 saturated carbocycles. The van der Waals surface area contributed by atoms with Gasteiger partial charge in [-0.3, -0.25) is 0 Å². The minimum Gasteiger partial charge on any atom is -0.402 e. The molecule has 0 N–H and O–H groups in total. The first-order valence-corrected chi connectivity index (χ1v) is 9.49. The standard InChI is InChI=1S/C12H12F3NO5S2/c13-9-1-2-10(21-22(17)8-12(22,14)15)11(7-9)23(18,19)16-3-5-20-6-4-16/h1-2,7-8H,3-6H2. The number of hydrogen-bond acceptors (Lipinski definition) is 5. The van der Waals surface area contributed by atoms with Crippen molar-refractivity contribution in [1.29, 1.82) is 0 Å².